The van der Waals surface area contributed by atoms with Gasteiger partial charge in [0.25, 0.3) is 5.91 Å². The van der Waals surface area contributed by atoms with Crippen molar-refractivity contribution >= 4 is 23.3 Å². The molecule has 0 saturated carbocycles. The van der Waals surface area contributed by atoms with Crippen molar-refractivity contribution in [2.75, 3.05) is 4.90 Å². The van der Waals surface area contributed by atoms with Gasteiger partial charge in [-0.15, -0.1) is 0 Å². The Bertz CT molecular complexity index is 822. The molecule has 0 spiro atoms. The Labute approximate surface area is 141 Å². The summed E-state index contributed by atoms with van der Waals surface area (Å²) in [6.07, 6.45) is -4.46. The highest BCUT2D eigenvalue weighted by atomic mass is 19.4. The lowest BCUT2D eigenvalue weighted by atomic mass is 9.94. The largest absolute Gasteiger partial charge is 0.416 e. The Morgan fingerprint density at radius 1 is 1.16 bits per heavy atom. The van der Waals surface area contributed by atoms with Gasteiger partial charge in [-0.05, 0) is 29.8 Å². The van der Waals surface area contributed by atoms with E-state index in [9.17, 15) is 22.8 Å². The molecule has 1 aliphatic rings. The molecule has 0 saturated heterocycles. The monoisotopic (exact) mass is 349 g/mol. The first-order chi connectivity index (χ1) is 11.8. The highest BCUT2D eigenvalue weighted by molar-refractivity contribution is 6.07. The number of hydrogen-bond acceptors (Lipinski definition) is 2. The molecule has 130 valence electrons. The van der Waals surface area contributed by atoms with Gasteiger partial charge in [0.05, 0.1) is 11.3 Å². The summed E-state index contributed by atoms with van der Waals surface area (Å²) in [5.74, 6) is -0.545. The Morgan fingerprint density at radius 3 is 2.44 bits per heavy atom. The summed E-state index contributed by atoms with van der Waals surface area (Å²) < 4.78 is 39.2. The maximum Gasteiger partial charge on any atom is 0.416 e. The van der Waals surface area contributed by atoms with Gasteiger partial charge in [0, 0.05) is 12.1 Å². The van der Waals surface area contributed by atoms with Gasteiger partial charge in [0.2, 0.25) is 0 Å². The number of urea groups is 1. The molecule has 3 N–H and O–H groups in total. The molecule has 3 amide bonds. The van der Waals surface area contributed by atoms with Crippen LogP contribution in [0.1, 0.15) is 11.1 Å². The van der Waals surface area contributed by atoms with E-state index in [-0.39, 0.29) is 12.1 Å². The third-order valence-electron chi connectivity index (χ3n) is 3.93. The summed E-state index contributed by atoms with van der Waals surface area (Å²) >= 11 is 0. The lowest BCUT2D eigenvalue weighted by molar-refractivity contribution is -0.137. The average Bonchev–Trinajstić information content (AvgIpc) is 2.54. The van der Waals surface area contributed by atoms with Crippen molar-refractivity contribution in [3.63, 3.8) is 0 Å². The lowest BCUT2D eigenvalue weighted by Gasteiger charge is -2.34. The molecule has 25 heavy (non-hydrogen) atoms. The van der Waals surface area contributed by atoms with Crippen LogP contribution < -0.4 is 16.0 Å². The fourth-order valence-corrected chi connectivity index (χ4v) is 2.83. The number of halogens is 3. The van der Waals surface area contributed by atoms with E-state index in [1.807, 2.05) is 0 Å². The maximum atomic E-state index is 13.1. The molecule has 0 aromatic heterocycles. The van der Waals surface area contributed by atoms with Crippen LogP contribution in [0.2, 0.25) is 0 Å². The van der Waals surface area contributed by atoms with Gasteiger partial charge in [-0.3, -0.25) is 9.69 Å². The number of anilines is 2. The van der Waals surface area contributed by atoms with Gasteiger partial charge in [0.1, 0.15) is 6.04 Å². The maximum absolute atomic E-state index is 13.1. The average molecular weight is 349 g/mol. The Hall–Kier alpha value is -3.03. The van der Waals surface area contributed by atoms with Gasteiger partial charge >= 0.3 is 12.2 Å². The van der Waals surface area contributed by atoms with Crippen LogP contribution in [-0.2, 0) is 17.4 Å². The number of rotatable bonds is 2. The second kappa shape index (κ2) is 6.12. The first-order valence-electron chi connectivity index (χ1n) is 7.42. The van der Waals surface area contributed by atoms with Gasteiger partial charge in [-0.2, -0.15) is 13.2 Å². The van der Waals surface area contributed by atoms with Crippen molar-refractivity contribution in [1.29, 1.82) is 0 Å². The number of nitrogens with two attached hydrogens (primary N) is 1. The number of amides is 3. The number of carbonyl (C=O) groups is 2. The fourth-order valence-electron chi connectivity index (χ4n) is 2.83. The summed E-state index contributed by atoms with van der Waals surface area (Å²) in [7, 11) is 0. The molecule has 3 rings (SSSR count). The van der Waals surface area contributed by atoms with E-state index >= 15 is 0 Å². The van der Waals surface area contributed by atoms with Crippen molar-refractivity contribution in [2.45, 2.75) is 18.6 Å². The molecule has 2 aromatic carbocycles. The Morgan fingerprint density at radius 2 is 1.84 bits per heavy atom. The van der Waals surface area contributed by atoms with Crippen molar-refractivity contribution in [2.24, 2.45) is 5.73 Å². The number of alkyl halides is 3. The third kappa shape index (κ3) is 3.28. The number of nitrogens with one attached hydrogen (secondary N) is 1. The van der Waals surface area contributed by atoms with Crippen LogP contribution >= 0.6 is 0 Å². The zero-order chi connectivity index (χ0) is 18.2. The number of hydrogen-bond donors (Lipinski definition) is 2. The number of benzene rings is 2. The molecule has 5 nitrogen and oxygen atoms in total. The molecule has 1 heterocycles. The van der Waals surface area contributed by atoms with Gasteiger partial charge in [0.15, 0.2) is 0 Å². The van der Waals surface area contributed by atoms with E-state index in [1.54, 1.807) is 30.3 Å². The number of para-hydroxylation sites is 1. The van der Waals surface area contributed by atoms with Gasteiger partial charge in [-0.25, -0.2) is 4.79 Å². The zero-order valence-electron chi connectivity index (χ0n) is 12.9. The van der Waals surface area contributed by atoms with E-state index in [0.717, 1.165) is 12.1 Å². The molecule has 0 radical (unpaired) electrons. The SMILES string of the molecule is NC(=O)N[C@@H]1Cc2ccc(C(F)(F)F)cc2N(c2ccccc2)C1=O. The van der Waals surface area contributed by atoms with Crippen LogP contribution in [0.15, 0.2) is 48.5 Å². The highest BCUT2D eigenvalue weighted by Crippen LogP contribution is 2.39. The molecule has 0 bridgehead atoms. The normalized spacial score (nSPS) is 17.2. The minimum absolute atomic E-state index is 0.0680. The van der Waals surface area contributed by atoms with Crippen LogP contribution in [0, 0.1) is 0 Å². The molecule has 8 heteroatoms. The number of nitrogens with zero attached hydrogens (tertiary/aromatic N) is 1. The summed E-state index contributed by atoms with van der Waals surface area (Å²) in [6, 6.07) is 9.68. The standard InChI is InChI=1S/C17H14F3N3O2/c18-17(19,20)11-7-6-10-8-13(22-16(21)25)15(24)23(14(10)9-11)12-4-2-1-3-5-12/h1-7,9,13H,8H2,(H3,21,22,25)/t13-/m1/s1. The zero-order valence-corrected chi connectivity index (χ0v) is 12.9. The van der Waals surface area contributed by atoms with Crippen molar-refractivity contribution < 1.29 is 22.8 Å². The summed E-state index contributed by atoms with van der Waals surface area (Å²) in [5, 5.41) is 2.34. The molecular formula is C17H14F3N3O2. The highest BCUT2D eigenvalue weighted by Gasteiger charge is 2.37. The Kier molecular flexibility index (Phi) is 4.12. The Balaban J connectivity index is 2.14. The van der Waals surface area contributed by atoms with Gasteiger partial charge in [-0.1, -0.05) is 24.3 Å². The molecule has 2 aromatic rings. The van der Waals surface area contributed by atoms with Crippen LogP contribution in [0.5, 0.6) is 0 Å². The van der Waals surface area contributed by atoms with E-state index < -0.39 is 29.7 Å². The van der Waals surface area contributed by atoms with E-state index in [4.69, 9.17) is 5.73 Å². The first-order valence-corrected chi connectivity index (χ1v) is 7.42. The van der Waals surface area contributed by atoms with Crippen molar-refractivity contribution in [3.05, 3.63) is 59.7 Å². The van der Waals surface area contributed by atoms with Crippen LogP contribution in [0.25, 0.3) is 0 Å². The van der Waals surface area contributed by atoms with Crippen molar-refractivity contribution in [1.82, 2.24) is 5.32 Å². The quantitative estimate of drug-likeness (QED) is 0.875. The minimum Gasteiger partial charge on any atom is -0.352 e. The summed E-state index contributed by atoms with van der Waals surface area (Å²) in [6.45, 7) is 0. The molecule has 0 fully saturated rings. The predicted molar refractivity (Wildman–Crippen MR) is 85.2 cm³/mol. The smallest absolute Gasteiger partial charge is 0.352 e. The van der Waals surface area contributed by atoms with Crippen LogP contribution in [0.4, 0.5) is 29.3 Å². The summed E-state index contributed by atoms with van der Waals surface area (Å²) in [4.78, 5) is 25.1. The topological polar surface area (TPSA) is 75.4 Å². The number of carbonyl (C=O) groups excluding carboxylic acids is 2. The van der Waals surface area contributed by atoms with Crippen LogP contribution in [0.3, 0.4) is 0 Å². The van der Waals surface area contributed by atoms with Crippen LogP contribution in [-0.4, -0.2) is 18.0 Å². The van der Waals surface area contributed by atoms with E-state index in [2.05, 4.69) is 5.32 Å². The second-order valence-corrected chi connectivity index (χ2v) is 5.62. The molecule has 1 aliphatic heterocycles. The second-order valence-electron chi connectivity index (χ2n) is 5.62. The molecule has 0 unspecified atom stereocenters. The molecule has 0 aliphatic carbocycles. The van der Waals surface area contributed by atoms with Crippen molar-refractivity contribution in [3.8, 4) is 0 Å². The third-order valence-corrected chi connectivity index (χ3v) is 3.93. The molecule has 1 atom stereocenters. The lowest BCUT2D eigenvalue weighted by Crippen LogP contribution is -2.52. The predicted octanol–water partition coefficient (Wildman–Crippen LogP) is 2.96. The first kappa shape index (κ1) is 16.8. The van der Waals surface area contributed by atoms with E-state index in [0.29, 0.717) is 11.3 Å². The fraction of sp³-hybridized carbons (Fsp3) is 0.176. The number of fused-ring (bicyclic) bond motifs is 1. The molecular weight excluding hydrogens is 335 g/mol. The van der Waals surface area contributed by atoms with Gasteiger partial charge < -0.3 is 11.1 Å². The number of primary amides is 1. The summed E-state index contributed by atoms with van der Waals surface area (Å²) in [5.41, 5.74) is 5.32. The van der Waals surface area contributed by atoms with E-state index in [1.165, 1.54) is 11.0 Å². The minimum atomic E-state index is -4.53.